The number of hydrogen-bond donors (Lipinski definition) is 2. The molecule has 0 saturated carbocycles. The van der Waals surface area contributed by atoms with Gasteiger partial charge in [-0.05, 0) is 11.4 Å². The largest absolute Gasteiger partial charge is 0.762 e. The van der Waals surface area contributed by atoms with Gasteiger partial charge in [-0.25, -0.2) is 5.87 Å². The second kappa shape index (κ2) is 8.39. The van der Waals surface area contributed by atoms with Crippen LogP contribution in [0.3, 0.4) is 0 Å². The van der Waals surface area contributed by atoms with E-state index in [9.17, 15) is 21.0 Å². The maximum atomic E-state index is 12.1. The Hall–Kier alpha value is -4.00. The zero-order valence-electron chi connectivity index (χ0n) is 16.3. The van der Waals surface area contributed by atoms with Gasteiger partial charge in [0.15, 0.2) is 12.4 Å². The van der Waals surface area contributed by atoms with Gasteiger partial charge in [-0.1, -0.05) is 42.5 Å². The molecular formula is C24H17N5OS. The second-order valence-electron chi connectivity index (χ2n) is 7.02. The lowest BCUT2D eigenvalue weighted by molar-refractivity contribution is -0.743. The topological polar surface area (TPSA) is 106 Å². The van der Waals surface area contributed by atoms with Crippen LogP contribution < -0.4 is 9.88 Å². The first kappa shape index (κ1) is 20.3. The molecule has 0 unspecified atom stereocenters. The molecule has 0 bridgehead atoms. The van der Waals surface area contributed by atoms with Crippen LogP contribution in [-0.2, 0) is 5.72 Å². The Labute approximate surface area is 183 Å². The van der Waals surface area contributed by atoms with E-state index in [0.29, 0.717) is 5.56 Å². The molecule has 0 saturated heterocycles. The number of nitriles is 2. The molecule has 31 heavy (non-hydrogen) atoms. The average Bonchev–Trinajstić information content (AvgIpc) is 3.35. The lowest BCUT2D eigenvalue weighted by Gasteiger charge is -2.42. The van der Waals surface area contributed by atoms with Gasteiger partial charge in [-0.3, -0.25) is 0 Å². The van der Waals surface area contributed by atoms with E-state index in [2.05, 4.69) is 11.4 Å². The van der Waals surface area contributed by atoms with E-state index in [1.807, 2.05) is 82.8 Å². The molecule has 0 spiro atoms. The molecule has 1 aliphatic heterocycles. The van der Waals surface area contributed by atoms with Crippen molar-refractivity contribution in [3.8, 4) is 12.1 Å². The van der Waals surface area contributed by atoms with E-state index in [1.54, 1.807) is 12.1 Å². The summed E-state index contributed by atoms with van der Waals surface area (Å²) < 4.78 is 1.86. The fourth-order valence-electron chi connectivity index (χ4n) is 4.03. The van der Waals surface area contributed by atoms with Crippen molar-refractivity contribution in [2.75, 3.05) is 0 Å². The van der Waals surface area contributed by atoms with Crippen molar-refractivity contribution in [1.82, 2.24) is 5.32 Å². The molecular weight excluding hydrogens is 406 g/mol. The van der Waals surface area contributed by atoms with E-state index in [1.165, 1.54) is 11.3 Å². The first-order valence-corrected chi connectivity index (χ1v) is 10.4. The molecule has 2 aromatic heterocycles. The zero-order valence-corrected chi connectivity index (χ0v) is 17.1. The normalized spacial score (nSPS) is 22.5. The smallest absolute Gasteiger partial charge is 0.227 e. The van der Waals surface area contributed by atoms with Crippen LogP contribution >= 0.6 is 11.3 Å². The van der Waals surface area contributed by atoms with Gasteiger partial charge >= 0.3 is 0 Å². The van der Waals surface area contributed by atoms with Crippen LogP contribution in [0.2, 0.25) is 0 Å². The van der Waals surface area contributed by atoms with Crippen molar-refractivity contribution in [2.45, 2.75) is 17.7 Å². The number of aromatic nitrogens is 1. The first-order valence-electron chi connectivity index (χ1n) is 9.51. The highest BCUT2D eigenvalue weighted by Gasteiger charge is 2.56. The highest BCUT2D eigenvalue weighted by molar-refractivity contribution is 7.10. The van der Waals surface area contributed by atoms with Crippen molar-refractivity contribution < 1.29 is 9.67 Å². The SMILES string of the molecule is N#CC(=C=[N-])C1=C(C#N)[C@@H](c2cccs2)[C@@H]([n+]2ccccc2)[C@@](O)(c2ccccc2)N1. The summed E-state index contributed by atoms with van der Waals surface area (Å²) in [5.74, 6) is 1.28. The van der Waals surface area contributed by atoms with Gasteiger partial charge in [0, 0.05) is 22.6 Å². The summed E-state index contributed by atoms with van der Waals surface area (Å²) in [6.07, 6.45) is 3.67. The first-order chi connectivity index (χ1) is 15.1. The summed E-state index contributed by atoms with van der Waals surface area (Å²) in [5, 5.41) is 46.3. The van der Waals surface area contributed by atoms with Gasteiger partial charge < -0.3 is 15.8 Å². The lowest BCUT2D eigenvalue weighted by Crippen LogP contribution is -2.62. The second-order valence-corrected chi connectivity index (χ2v) is 8.00. The van der Waals surface area contributed by atoms with Crippen LogP contribution in [0.4, 0.5) is 0 Å². The lowest BCUT2D eigenvalue weighted by atomic mass is 9.75. The number of rotatable bonds is 4. The van der Waals surface area contributed by atoms with E-state index < -0.39 is 17.7 Å². The van der Waals surface area contributed by atoms with Gasteiger partial charge in [-0.2, -0.15) is 15.1 Å². The molecule has 0 fully saturated rings. The summed E-state index contributed by atoms with van der Waals surface area (Å²) in [4.78, 5) is 0.849. The average molecular weight is 424 g/mol. The van der Waals surface area contributed by atoms with Gasteiger partial charge in [0.1, 0.15) is 6.07 Å². The predicted molar refractivity (Wildman–Crippen MR) is 116 cm³/mol. The van der Waals surface area contributed by atoms with Gasteiger partial charge in [0.25, 0.3) is 0 Å². The molecule has 1 aliphatic rings. The molecule has 0 radical (unpaired) electrons. The standard InChI is InChI=1S/C24H17N5OS/c25-14-17(15-26)22-19(16-27)21(20-10-7-13-31-20)23(29-11-5-2-6-12-29)24(30,28-22)18-8-3-1-4-9-18/h1-13,21,23,28,30H/t21-,23+,24-/m0/s1. The number of allylic oxidation sites excluding steroid dienone is 2. The van der Waals surface area contributed by atoms with E-state index in [4.69, 9.17) is 0 Å². The summed E-state index contributed by atoms with van der Waals surface area (Å²) in [6, 6.07) is 21.8. The Kier molecular flexibility index (Phi) is 5.49. The number of thiophene rings is 1. The molecule has 3 aromatic rings. The number of hydrogen-bond acceptors (Lipinski definition) is 5. The Morgan fingerprint density at radius 1 is 1.06 bits per heavy atom. The van der Waals surface area contributed by atoms with Crippen LogP contribution in [0.5, 0.6) is 0 Å². The molecule has 1 aromatic carbocycles. The van der Waals surface area contributed by atoms with Crippen molar-refractivity contribution in [3.63, 3.8) is 0 Å². The number of nitrogens with zero attached hydrogens (tertiary/aromatic N) is 4. The Balaban J connectivity index is 2.09. The zero-order chi connectivity index (χ0) is 21.8. The van der Waals surface area contributed by atoms with Crippen LogP contribution in [-0.4, -0.2) is 11.0 Å². The van der Waals surface area contributed by atoms with Crippen molar-refractivity contribution in [3.05, 3.63) is 111 Å². The Morgan fingerprint density at radius 2 is 1.77 bits per heavy atom. The minimum absolute atomic E-state index is 0.0602. The number of nitrogens with one attached hydrogen (secondary N) is 1. The minimum Gasteiger partial charge on any atom is -0.762 e. The highest BCUT2D eigenvalue weighted by Crippen LogP contribution is 2.48. The quantitative estimate of drug-likeness (QED) is 0.382. The fourth-order valence-corrected chi connectivity index (χ4v) is 4.90. The molecule has 6 nitrogen and oxygen atoms in total. The molecule has 3 heterocycles. The summed E-state index contributed by atoms with van der Waals surface area (Å²) in [7, 11) is 0. The summed E-state index contributed by atoms with van der Waals surface area (Å²) in [5.41, 5.74) is -1.09. The summed E-state index contributed by atoms with van der Waals surface area (Å²) in [6.45, 7) is 0. The van der Waals surface area contributed by atoms with Crippen molar-refractivity contribution >= 4 is 17.2 Å². The molecule has 4 rings (SSSR count). The van der Waals surface area contributed by atoms with E-state index >= 15 is 0 Å². The van der Waals surface area contributed by atoms with Crippen LogP contribution in [0, 0.1) is 22.7 Å². The van der Waals surface area contributed by atoms with Crippen LogP contribution in [0.1, 0.15) is 22.4 Å². The number of aliphatic hydroxyl groups is 1. The maximum Gasteiger partial charge on any atom is 0.227 e. The monoisotopic (exact) mass is 423 g/mol. The summed E-state index contributed by atoms with van der Waals surface area (Å²) >= 11 is 1.46. The predicted octanol–water partition coefficient (Wildman–Crippen LogP) is 3.28. The molecule has 2 N–H and O–H groups in total. The van der Waals surface area contributed by atoms with E-state index in [0.717, 1.165) is 4.88 Å². The van der Waals surface area contributed by atoms with Crippen LogP contribution in [0.25, 0.3) is 5.41 Å². The maximum absolute atomic E-state index is 12.1. The fraction of sp³-hybridized carbons (Fsp3) is 0.125. The molecule has 3 atom stereocenters. The van der Waals surface area contributed by atoms with Gasteiger partial charge in [0.05, 0.1) is 28.8 Å². The third-order valence-corrected chi connectivity index (χ3v) is 6.31. The molecule has 150 valence electrons. The van der Waals surface area contributed by atoms with Gasteiger partial charge in [-0.15, -0.1) is 11.3 Å². The number of benzene rings is 1. The third-order valence-electron chi connectivity index (χ3n) is 5.36. The van der Waals surface area contributed by atoms with Gasteiger partial charge in [0.2, 0.25) is 11.8 Å². The van der Waals surface area contributed by atoms with E-state index in [-0.39, 0.29) is 16.8 Å². The third kappa shape index (κ3) is 3.44. The van der Waals surface area contributed by atoms with Crippen LogP contribution in [0.15, 0.2) is 95.3 Å². The van der Waals surface area contributed by atoms with Crippen molar-refractivity contribution in [2.24, 2.45) is 0 Å². The molecule has 0 aliphatic carbocycles. The van der Waals surface area contributed by atoms with Crippen molar-refractivity contribution in [1.29, 1.82) is 10.5 Å². The molecule has 0 amide bonds. The molecule has 7 heteroatoms. The number of pyridine rings is 1. The Morgan fingerprint density at radius 3 is 2.35 bits per heavy atom. The minimum atomic E-state index is -1.70. The highest BCUT2D eigenvalue weighted by atomic mass is 32.1. The Bertz CT molecular complexity index is 1250.